The summed E-state index contributed by atoms with van der Waals surface area (Å²) in [5.74, 6) is -0.948. The van der Waals surface area contributed by atoms with Crippen LogP contribution in [-0.2, 0) is 61.8 Å². The molecule has 84 heavy (non-hydrogen) atoms. The zero-order valence-corrected chi connectivity index (χ0v) is 47.6. The van der Waals surface area contributed by atoms with Gasteiger partial charge in [0.1, 0.15) is 67.6 Å². The SMILES string of the molecule is Cc1c(COc2cc(OCc3cncc(C#N)c3)c(CC[C@@H](Cc3c[nH]c4ccccc34)C(=O)O)cc2Cl)cccc1-c1cccc(COc2cc(OCc3cncc(C#N)c3)c(CN[C@@H](CC3=CCc4ccccc43)C(=O)O)cc2Cl)c1C. The number of carbonyl (C=O) groups is 2. The first-order valence-corrected chi connectivity index (χ1v) is 28.1. The third-order valence-electron chi connectivity index (χ3n) is 15.3. The number of H-pyrrole nitrogens is 1. The Morgan fingerprint density at radius 3 is 1.79 bits per heavy atom. The molecule has 0 unspecified atom stereocenters. The fourth-order valence-corrected chi connectivity index (χ4v) is 11.1. The van der Waals surface area contributed by atoms with Gasteiger partial charge in [-0.1, -0.05) is 108 Å². The minimum Gasteiger partial charge on any atom is -0.488 e. The molecule has 0 amide bonds. The number of halogens is 2. The number of hydrogen-bond donors (Lipinski definition) is 4. The number of hydrogen-bond acceptors (Lipinski definition) is 11. The summed E-state index contributed by atoms with van der Waals surface area (Å²) in [7, 11) is 0. The number of nitrogens with zero attached hydrogens (tertiary/aromatic N) is 4. The maximum Gasteiger partial charge on any atom is 0.321 e. The standard InChI is InChI=1S/C68H58Cl2N6O8/c1-41-51(39-83-65-27-63(81-37-45-21-43(29-71)31-73-33-45)49(24-59(65)69)19-20-50(67(77)78)23-53-35-75-61-16-6-5-13-58(53)61)10-7-14-55(41)56-15-8-11-52(42(56)2)40-84-66-28-64(82-38-46-22-44(30-72)32-74-34-46)54(25-60(66)70)36-76-62(68(79)80)26-48-18-17-47-9-3-4-12-57(47)48/h3-16,18,21-22,24-25,27-28,31-35,50,62,75-76H,17,19-20,23,26,36-40H2,1-2H3,(H,77,78)(H,79,80)/t50-,62-/m0/s1. The van der Waals surface area contributed by atoms with Gasteiger partial charge in [0.05, 0.1) is 27.1 Å². The maximum absolute atomic E-state index is 12.7. The van der Waals surface area contributed by atoms with Gasteiger partial charge in [-0.3, -0.25) is 24.9 Å². The molecule has 3 heterocycles. The van der Waals surface area contributed by atoms with Gasteiger partial charge in [0.25, 0.3) is 0 Å². The van der Waals surface area contributed by atoms with Crippen molar-refractivity contribution in [2.24, 2.45) is 5.92 Å². The molecule has 0 fully saturated rings. The Balaban J connectivity index is 0.850. The predicted molar refractivity (Wildman–Crippen MR) is 322 cm³/mol. The van der Waals surface area contributed by atoms with E-state index in [9.17, 15) is 30.3 Å². The zero-order valence-electron chi connectivity index (χ0n) is 46.1. The first kappa shape index (κ1) is 57.8. The molecule has 16 heteroatoms. The van der Waals surface area contributed by atoms with Crippen molar-refractivity contribution in [1.82, 2.24) is 20.3 Å². The predicted octanol–water partition coefficient (Wildman–Crippen LogP) is 14.1. The van der Waals surface area contributed by atoms with Gasteiger partial charge in [-0.25, -0.2) is 0 Å². The van der Waals surface area contributed by atoms with Crippen molar-refractivity contribution in [3.63, 3.8) is 0 Å². The highest BCUT2D eigenvalue weighted by Gasteiger charge is 2.25. The number of nitrogens with one attached hydrogen (secondary N) is 2. The van der Waals surface area contributed by atoms with E-state index in [1.807, 2.05) is 86.8 Å². The molecule has 1 aliphatic carbocycles. The van der Waals surface area contributed by atoms with Gasteiger partial charge >= 0.3 is 11.9 Å². The third kappa shape index (κ3) is 13.7. The first-order chi connectivity index (χ1) is 40.8. The summed E-state index contributed by atoms with van der Waals surface area (Å²) in [5, 5.41) is 44.6. The topological polar surface area (TPSA) is 213 Å². The number of nitriles is 2. The molecule has 3 aromatic heterocycles. The van der Waals surface area contributed by atoms with Crippen LogP contribution >= 0.6 is 23.2 Å². The van der Waals surface area contributed by atoms with Crippen molar-refractivity contribution < 1.29 is 38.7 Å². The van der Waals surface area contributed by atoms with Crippen molar-refractivity contribution in [2.75, 3.05) is 0 Å². The Kier molecular flexibility index (Phi) is 18.3. The summed E-state index contributed by atoms with van der Waals surface area (Å²) < 4.78 is 25.8. The number of para-hydroxylation sites is 1. The summed E-state index contributed by atoms with van der Waals surface area (Å²) in [4.78, 5) is 36.9. The summed E-state index contributed by atoms with van der Waals surface area (Å²) in [6.07, 6.45) is 12.2. The van der Waals surface area contributed by atoms with E-state index in [0.29, 0.717) is 85.7 Å². The van der Waals surface area contributed by atoms with E-state index in [4.69, 9.17) is 42.1 Å². The lowest BCUT2D eigenvalue weighted by Gasteiger charge is -2.20. The highest BCUT2D eigenvalue weighted by atomic mass is 35.5. The van der Waals surface area contributed by atoms with Crippen LogP contribution in [0.15, 0.2) is 158 Å². The molecule has 0 saturated carbocycles. The summed E-state index contributed by atoms with van der Waals surface area (Å²) in [5.41, 5.74) is 14.3. The largest absolute Gasteiger partial charge is 0.488 e. The summed E-state index contributed by atoms with van der Waals surface area (Å²) >= 11 is 14.0. The second kappa shape index (κ2) is 26.6. The van der Waals surface area contributed by atoms with E-state index in [1.54, 1.807) is 48.8 Å². The van der Waals surface area contributed by atoms with E-state index in [0.717, 1.165) is 67.4 Å². The van der Waals surface area contributed by atoms with E-state index >= 15 is 0 Å². The smallest absolute Gasteiger partial charge is 0.321 e. The van der Waals surface area contributed by atoms with Crippen LogP contribution in [0.3, 0.4) is 0 Å². The number of aromatic nitrogens is 3. The van der Waals surface area contributed by atoms with Crippen LogP contribution in [0.1, 0.15) is 85.2 Å². The normalized spacial score (nSPS) is 12.4. The van der Waals surface area contributed by atoms with Crippen LogP contribution < -0.4 is 24.3 Å². The molecular weight excluding hydrogens is 1100 g/mol. The summed E-state index contributed by atoms with van der Waals surface area (Å²) in [6, 6.07) is 41.6. The Morgan fingerprint density at radius 2 is 1.18 bits per heavy atom. The second-order valence-corrected chi connectivity index (χ2v) is 21.5. The van der Waals surface area contributed by atoms with Crippen LogP contribution in [0.5, 0.6) is 23.0 Å². The quantitative estimate of drug-likeness (QED) is 0.0420. The number of allylic oxidation sites excluding steroid dienone is 1. The van der Waals surface area contributed by atoms with Crippen LogP contribution in [0.4, 0.5) is 0 Å². The van der Waals surface area contributed by atoms with E-state index in [2.05, 4.69) is 56.7 Å². The molecule has 422 valence electrons. The highest BCUT2D eigenvalue weighted by molar-refractivity contribution is 6.32. The maximum atomic E-state index is 12.7. The number of carboxylic acid groups (broad SMARTS) is 2. The molecule has 10 rings (SSSR count). The van der Waals surface area contributed by atoms with Crippen molar-refractivity contribution in [2.45, 2.75) is 85.0 Å². The van der Waals surface area contributed by atoms with Gasteiger partial charge in [-0.15, -0.1) is 0 Å². The van der Waals surface area contributed by atoms with E-state index in [1.165, 1.54) is 18.0 Å². The molecule has 9 aromatic rings. The van der Waals surface area contributed by atoms with Crippen molar-refractivity contribution >= 4 is 51.6 Å². The number of fused-ring (bicyclic) bond motifs is 2. The fraction of sp³-hybridized carbons (Fsp3) is 0.206. The van der Waals surface area contributed by atoms with Gasteiger partial charge < -0.3 is 34.1 Å². The van der Waals surface area contributed by atoms with Gasteiger partial charge in [0.15, 0.2) is 0 Å². The number of ether oxygens (including phenoxy) is 4. The molecule has 6 aromatic carbocycles. The second-order valence-electron chi connectivity index (χ2n) is 20.7. The molecular formula is C68H58Cl2N6O8. The zero-order chi connectivity index (χ0) is 58.7. The van der Waals surface area contributed by atoms with E-state index < -0.39 is 23.9 Å². The van der Waals surface area contributed by atoms with Crippen LogP contribution in [-0.4, -0.2) is 43.1 Å². The number of carboxylic acids is 2. The molecule has 0 spiro atoms. The molecule has 0 bridgehead atoms. The Hall–Kier alpha value is -9.44. The number of benzene rings is 6. The molecule has 14 nitrogen and oxygen atoms in total. The molecule has 4 N–H and O–H groups in total. The minimum atomic E-state index is -0.982. The minimum absolute atomic E-state index is 0.0745. The van der Waals surface area contributed by atoms with E-state index in [-0.39, 0.29) is 39.4 Å². The van der Waals surface area contributed by atoms with Gasteiger partial charge in [0, 0.05) is 77.3 Å². The molecule has 0 saturated heterocycles. The number of rotatable bonds is 25. The third-order valence-corrected chi connectivity index (χ3v) is 15.9. The van der Waals surface area contributed by atoms with Gasteiger partial charge in [-0.05, 0) is 137 Å². The lowest BCUT2D eigenvalue weighted by molar-refractivity contribution is -0.142. The lowest BCUT2D eigenvalue weighted by atomic mass is 9.92. The molecule has 0 aliphatic heterocycles. The number of aliphatic carboxylic acids is 2. The van der Waals surface area contributed by atoms with Crippen LogP contribution in [0.25, 0.3) is 27.6 Å². The molecule has 1 aliphatic rings. The number of aryl methyl sites for hydroxylation is 1. The van der Waals surface area contributed by atoms with Crippen LogP contribution in [0, 0.1) is 42.4 Å². The highest BCUT2D eigenvalue weighted by Crippen LogP contribution is 2.39. The molecule has 0 radical (unpaired) electrons. The molecule has 2 atom stereocenters. The summed E-state index contributed by atoms with van der Waals surface area (Å²) in [6.45, 7) is 4.70. The first-order valence-electron chi connectivity index (χ1n) is 27.3. The van der Waals surface area contributed by atoms with Crippen molar-refractivity contribution in [3.05, 3.63) is 241 Å². The Morgan fingerprint density at radius 1 is 0.619 bits per heavy atom. The Bertz CT molecular complexity index is 4050. The van der Waals surface area contributed by atoms with Gasteiger partial charge in [-0.2, -0.15) is 10.5 Å². The number of pyridine rings is 2. The van der Waals surface area contributed by atoms with Crippen molar-refractivity contribution in [1.29, 1.82) is 10.5 Å². The van der Waals surface area contributed by atoms with Gasteiger partial charge in [0.2, 0.25) is 0 Å². The van der Waals surface area contributed by atoms with Crippen LogP contribution in [0.2, 0.25) is 10.0 Å². The average molecular weight is 1160 g/mol. The van der Waals surface area contributed by atoms with Crippen molar-refractivity contribution in [3.8, 4) is 46.3 Å². The Labute approximate surface area is 496 Å². The number of aromatic amines is 1. The average Bonchev–Trinajstić information content (AvgIpc) is 4.27. The lowest BCUT2D eigenvalue weighted by Crippen LogP contribution is -2.36. The fourth-order valence-electron chi connectivity index (χ4n) is 10.6. The monoisotopic (exact) mass is 1160 g/mol.